The van der Waals surface area contributed by atoms with Gasteiger partial charge >= 0.3 is 0 Å². The van der Waals surface area contributed by atoms with Crippen LogP contribution in [0, 0.1) is 13.8 Å². The van der Waals surface area contributed by atoms with Gasteiger partial charge in [0.1, 0.15) is 0 Å². The van der Waals surface area contributed by atoms with E-state index in [-0.39, 0.29) is 31.4 Å². The minimum Gasteiger partial charge on any atom is -0.387 e. The molecule has 108 valence electrons. The van der Waals surface area contributed by atoms with E-state index in [4.69, 9.17) is 0 Å². The third-order valence-electron chi connectivity index (χ3n) is 3.50. The average molecular weight is 276 g/mol. The highest BCUT2D eigenvalue weighted by atomic mass is 16.3. The molecule has 0 saturated carbocycles. The zero-order valence-corrected chi connectivity index (χ0v) is 12.1. The average Bonchev–Trinajstić information content (AvgIpc) is 2.34. The molecular formula is C15H20N2O3. The molecule has 1 aromatic rings. The van der Waals surface area contributed by atoms with Crippen molar-refractivity contribution in [3.63, 3.8) is 0 Å². The van der Waals surface area contributed by atoms with Crippen LogP contribution in [-0.4, -0.2) is 53.4 Å². The molecule has 0 aliphatic carbocycles. The molecule has 1 N–H and O–H groups in total. The maximum atomic E-state index is 11.9. The maximum Gasteiger partial charge on any atom is 0.242 e. The highest BCUT2D eigenvalue weighted by Crippen LogP contribution is 2.19. The molecule has 5 nitrogen and oxygen atoms in total. The number of piperazine rings is 1. The summed E-state index contributed by atoms with van der Waals surface area (Å²) in [6.45, 7) is 4.21. The highest BCUT2D eigenvalue weighted by molar-refractivity contribution is 5.92. The van der Waals surface area contributed by atoms with Crippen molar-refractivity contribution in [2.75, 3.05) is 26.7 Å². The van der Waals surface area contributed by atoms with Crippen LogP contribution in [-0.2, 0) is 9.59 Å². The quantitative estimate of drug-likeness (QED) is 0.881. The van der Waals surface area contributed by atoms with E-state index in [1.807, 2.05) is 32.0 Å². The normalized spacial score (nSPS) is 17.6. The predicted octanol–water partition coefficient (Wildman–Crippen LogP) is 0.637. The number of carbonyl (C=O) groups is 2. The van der Waals surface area contributed by atoms with Gasteiger partial charge in [-0.1, -0.05) is 29.3 Å². The Morgan fingerprint density at radius 1 is 1.10 bits per heavy atom. The van der Waals surface area contributed by atoms with Crippen LogP contribution in [0.3, 0.4) is 0 Å². The van der Waals surface area contributed by atoms with Gasteiger partial charge in [0, 0.05) is 7.05 Å². The number of likely N-dealkylation sites (N-methyl/N-ethyl adjacent to an activating group) is 1. The van der Waals surface area contributed by atoms with Crippen molar-refractivity contribution in [3.8, 4) is 0 Å². The number of β-amino-alcohol motifs (C(OH)–C–C–N with tert-alkyl or cyclic N) is 1. The van der Waals surface area contributed by atoms with Crippen LogP contribution in [0.1, 0.15) is 22.8 Å². The van der Waals surface area contributed by atoms with Gasteiger partial charge < -0.3 is 14.9 Å². The number of aliphatic hydroxyl groups is 1. The largest absolute Gasteiger partial charge is 0.387 e. The second-order valence-corrected chi connectivity index (χ2v) is 5.46. The Labute approximate surface area is 118 Å². The molecule has 1 unspecified atom stereocenters. The van der Waals surface area contributed by atoms with Crippen molar-refractivity contribution < 1.29 is 14.7 Å². The minimum absolute atomic E-state index is 0.0389. The molecule has 1 fully saturated rings. The predicted molar refractivity (Wildman–Crippen MR) is 75.1 cm³/mol. The maximum absolute atomic E-state index is 11.9. The van der Waals surface area contributed by atoms with Crippen molar-refractivity contribution in [1.82, 2.24) is 9.80 Å². The fourth-order valence-corrected chi connectivity index (χ4v) is 2.45. The van der Waals surface area contributed by atoms with Gasteiger partial charge in [0.25, 0.3) is 0 Å². The molecule has 0 radical (unpaired) electrons. The van der Waals surface area contributed by atoms with E-state index in [2.05, 4.69) is 0 Å². The topological polar surface area (TPSA) is 60.9 Å². The molecular weight excluding hydrogens is 256 g/mol. The summed E-state index contributed by atoms with van der Waals surface area (Å²) in [5, 5.41) is 10.3. The Bertz CT molecular complexity index is 522. The summed E-state index contributed by atoms with van der Waals surface area (Å²) in [5.74, 6) is -0.229. The molecule has 1 heterocycles. The molecule has 2 rings (SSSR count). The fourth-order valence-electron chi connectivity index (χ4n) is 2.45. The lowest BCUT2D eigenvalue weighted by Gasteiger charge is -2.33. The SMILES string of the molecule is Cc1cc(C)cc(C(O)CN2CC(=O)N(C)CC2=O)c1. The molecule has 0 bridgehead atoms. The Balaban J connectivity index is 2.09. The molecule has 1 aliphatic rings. The van der Waals surface area contributed by atoms with Crippen LogP contribution in [0.4, 0.5) is 0 Å². The van der Waals surface area contributed by atoms with E-state index in [0.29, 0.717) is 0 Å². The molecule has 1 atom stereocenters. The van der Waals surface area contributed by atoms with Gasteiger partial charge in [-0.05, 0) is 19.4 Å². The summed E-state index contributed by atoms with van der Waals surface area (Å²) in [6.07, 6.45) is -0.770. The van der Waals surface area contributed by atoms with Gasteiger partial charge in [0.2, 0.25) is 11.8 Å². The second-order valence-electron chi connectivity index (χ2n) is 5.46. The minimum atomic E-state index is -0.770. The van der Waals surface area contributed by atoms with Gasteiger partial charge in [0.15, 0.2) is 0 Å². The van der Waals surface area contributed by atoms with E-state index in [1.165, 1.54) is 9.80 Å². The molecule has 2 amide bonds. The third-order valence-corrected chi connectivity index (χ3v) is 3.50. The lowest BCUT2D eigenvalue weighted by atomic mass is 10.0. The van der Waals surface area contributed by atoms with Crippen LogP contribution in [0.25, 0.3) is 0 Å². The first-order valence-electron chi connectivity index (χ1n) is 6.65. The Morgan fingerprint density at radius 3 is 2.30 bits per heavy atom. The van der Waals surface area contributed by atoms with Crippen LogP contribution >= 0.6 is 0 Å². The molecule has 20 heavy (non-hydrogen) atoms. The van der Waals surface area contributed by atoms with E-state index in [1.54, 1.807) is 7.05 Å². The zero-order valence-electron chi connectivity index (χ0n) is 12.1. The van der Waals surface area contributed by atoms with E-state index in [9.17, 15) is 14.7 Å². The molecule has 1 aliphatic heterocycles. The number of carbonyl (C=O) groups excluding carboxylic acids is 2. The summed E-state index contributed by atoms with van der Waals surface area (Å²) in [5.41, 5.74) is 2.92. The number of amides is 2. The van der Waals surface area contributed by atoms with E-state index in [0.717, 1.165) is 16.7 Å². The summed E-state index contributed by atoms with van der Waals surface area (Å²) in [4.78, 5) is 26.3. The monoisotopic (exact) mass is 276 g/mol. The Hall–Kier alpha value is -1.88. The highest BCUT2D eigenvalue weighted by Gasteiger charge is 2.29. The van der Waals surface area contributed by atoms with Gasteiger partial charge in [0.05, 0.1) is 25.7 Å². The van der Waals surface area contributed by atoms with Crippen molar-refractivity contribution in [2.45, 2.75) is 20.0 Å². The van der Waals surface area contributed by atoms with E-state index < -0.39 is 6.10 Å². The van der Waals surface area contributed by atoms with Crippen LogP contribution in [0.2, 0.25) is 0 Å². The number of aryl methyl sites for hydroxylation is 2. The van der Waals surface area contributed by atoms with Crippen molar-refractivity contribution in [2.24, 2.45) is 0 Å². The van der Waals surface area contributed by atoms with Gasteiger partial charge in [-0.15, -0.1) is 0 Å². The summed E-state index contributed by atoms with van der Waals surface area (Å²) < 4.78 is 0. The second kappa shape index (κ2) is 5.63. The first-order chi connectivity index (χ1) is 9.36. The van der Waals surface area contributed by atoms with Crippen LogP contribution in [0.15, 0.2) is 18.2 Å². The van der Waals surface area contributed by atoms with Crippen molar-refractivity contribution in [1.29, 1.82) is 0 Å². The molecule has 0 spiro atoms. The number of nitrogens with zero attached hydrogens (tertiary/aromatic N) is 2. The van der Waals surface area contributed by atoms with Crippen LogP contribution in [0.5, 0.6) is 0 Å². The molecule has 1 aromatic carbocycles. The zero-order chi connectivity index (χ0) is 14.9. The van der Waals surface area contributed by atoms with Gasteiger partial charge in [-0.3, -0.25) is 9.59 Å². The van der Waals surface area contributed by atoms with Gasteiger partial charge in [-0.2, -0.15) is 0 Å². The van der Waals surface area contributed by atoms with Crippen molar-refractivity contribution in [3.05, 3.63) is 34.9 Å². The molecule has 0 aromatic heterocycles. The number of benzene rings is 1. The van der Waals surface area contributed by atoms with Gasteiger partial charge in [-0.25, -0.2) is 0 Å². The standard InChI is InChI=1S/C15H20N2O3/c1-10-4-11(2)6-12(5-10)13(18)7-17-9-14(19)16(3)8-15(17)20/h4-6,13,18H,7-9H2,1-3H3. The summed E-state index contributed by atoms with van der Waals surface area (Å²) >= 11 is 0. The lowest BCUT2D eigenvalue weighted by molar-refractivity contribution is -0.150. The smallest absolute Gasteiger partial charge is 0.242 e. The molecule has 5 heteroatoms. The molecule has 1 saturated heterocycles. The fraction of sp³-hybridized carbons (Fsp3) is 0.467. The van der Waals surface area contributed by atoms with E-state index >= 15 is 0 Å². The summed E-state index contributed by atoms with van der Waals surface area (Å²) in [6, 6.07) is 5.83. The Kier molecular flexibility index (Phi) is 4.09. The number of hydrogen-bond acceptors (Lipinski definition) is 3. The number of rotatable bonds is 3. The third kappa shape index (κ3) is 3.17. The lowest BCUT2D eigenvalue weighted by Crippen LogP contribution is -2.53. The van der Waals surface area contributed by atoms with Crippen LogP contribution < -0.4 is 0 Å². The first kappa shape index (κ1) is 14.5. The first-order valence-corrected chi connectivity index (χ1v) is 6.65. The Morgan fingerprint density at radius 2 is 1.70 bits per heavy atom. The van der Waals surface area contributed by atoms with Crippen molar-refractivity contribution >= 4 is 11.8 Å². The number of aliphatic hydroxyl groups excluding tert-OH is 1. The summed E-state index contributed by atoms with van der Waals surface area (Å²) in [7, 11) is 1.61. The number of hydrogen-bond donors (Lipinski definition) is 1.